The van der Waals surface area contributed by atoms with Gasteiger partial charge in [0.2, 0.25) is 0 Å². The summed E-state index contributed by atoms with van der Waals surface area (Å²) >= 11 is 0. The molecule has 7 nitrogen and oxygen atoms in total. The van der Waals surface area contributed by atoms with Gasteiger partial charge in [-0.15, -0.1) is 0 Å². The van der Waals surface area contributed by atoms with Crippen LogP contribution < -0.4 is 15.0 Å². The highest BCUT2D eigenvalue weighted by molar-refractivity contribution is 5.75. The molecule has 2 amide bonds. The van der Waals surface area contributed by atoms with Gasteiger partial charge in [0.1, 0.15) is 17.8 Å². The lowest BCUT2D eigenvalue weighted by atomic mass is 10.1. The molecule has 150 valence electrons. The number of aromatic nitrogens is 2. The fourth-order valence-electron chi connectivity index (χ4n) is 3.05. The van der Waals surface area contributed by atoms with Crippen LogP contribution in [0.2, 0.25) is 0 Å². The average Bonchev–Trinajstić information content (AvgIpc) is 2.67. The molecule has 0 spiro atoms. The highest BCUT2D eigenvalue weighted by Gasteiger charge is 2.26. The van der Waals surface area contributed by atoms with Crippen molar-refractivity contribution in [1.29, 1.82) is 0 Å². The van der Waals surface area contributed by atoms with Gasteiger partial charge in [-0.25, -0.2) is 19.2 Å². The van der Waals surface area contributed by atoms with Crippen molar-refractivity contribution in [3.05, 3.63) is 36.4 Å². The molecule has 1 aliphatic rings. The minimum absolute atomic E-state index is 0.103. The van der Waals surface area contributed by atoms with E-state index in [1.165, 1.54) is 6.33 Å². The predicted molar refractivity (Wildman–Crippen MR) is 106 cm³/mol. The zero-order chi connectivity index (χ0) is 20.3. The molecule has 8 heteroatoms. The molecular formula is C20H26FN5O2. The number of carbonyl (C=O) groups is 1. The Kier molecular flexibility index (Phi) is 5.67. The molecule has 3 rings (SSSR count). The van der Waals surface area contributed by atoms with Gasteiger partial charge in [-0.3, -0.25) is 0 Å². The first-order valence-corrected chi connectivity index (χ1v) is 9.25. The van der Waals surface area contributed by atoms with Crippen molar-refractivity contribution in [1.82, 2.24) is 20.2 Å². The number of anilines is 1. The molecule has 2 aromatic rings. The molecule has 0 radical (unpaired) electrons. The van der Waals surface area contributed by atoms with E-state index in [0.29, 0.717) is 37.5 Å². The summed E-state index contributed by atoms with van der Waals surface area (Å²) in [5, 5.41) is 2.95. The third kappa shape index (κ3) is 4.49. The summed E-state index contributed by atoms with van der Waals surface area (Å²) in [7, 11) is 1.58. The van der Waals surface area contributed by atoms with Gasteiger partial charge < -0.3 is 19.9 Å². The molecule has 28 heavy (non-hydrogen) atoms. The molecule has 0 saturated carbocycles. The number of methoxy groups -OCH3 is 1. The lowest BCUT2D eigenvalue weighted by Crippen LogP contribution is -2.55. The SMILES string of the molecule is COc1ccc(-c2ncnc(N3CCN(C(=O)NC(C)(C)C)CC3)c2F)cc1. The minimum atomic E-state index is -0.458. The minimum Gasteiger partial charge on any atom is -0.497 e. The Balaban J connectivity index is 1.72. The van der Waals surface area contributed by atoms with Crippen molar-refractivity contribution in [2.75, 3.05) is 38.2 Å². The largest absolute Gasteiger partial charge is 0.497 e. The molecule has 1 saturated heterocycles. The topological polar surface area (TPSA) is 70.6 Å². The van der Waals surface area contributed by atoms with Gasteiger partial charge in [0.15, 0.2) is 11.6 Å². The fraction of sp³-hybridized carbons (Fsp3) is 0.450. The maximum Gasteiger partial charge on any atom is 0.317 e. The molecule has 1 N–H and O–H groups in total. The van der Waals surface area contributed by atoms with Crippen molar-refractivity contribution < 1.29 is 13.9 Å². The Morgan fingerprint density at radius 2 is 1.75 bits per heavy atom. The normalized spacial score (nSPS) is 14.8. The van der Waals surface area contributed by atoms with Gasteiger partial charge in [-0.1, -0.05) is 0 Å². The smallest absolute Gasteiger partial charge is 0.317 e. The van der Waals surface area contributed by atoms with Gasteiger partial charge in [-0.05, 0) is 45.0 Å². The lowest BCUT2D eigenvalue weighted by Gasteiger charge is -2.37. The van der Waals surface area contributed by atoms with Crippen molar-refractivity contribution >= 4 is 11.8 Å². The summed E-state index contributed by atoms with van der Waals surface area (Å²) in [6.07, 6.45) is 1.37. The Morgan fingerprint density at radius 3 is 2.32 bits per heavy atom. The van der Waals surface area contributed by atoms with Crippen molar-refractivity contribution in [3.8, 4) is 17.0 Å². The van der Waals surface area contributed by atoms with E-state index in [1.807, 2.05) is 25.7 Å². The molecule has 1 aliphatic heterocycles. The van der Waals surface area contributed by atoms with Gasteiger partial charge >= 0.3 is 6.03 Å². The van der Waals surface area contributed by atoms with Crippen LogP contribution in [0.5, 0.6) is 5.75 Å². The summed E-state index contributed by atoms with van der Waals surface area (Å²) in [4.78, 5) is 24.2. The first kappa shape index (κ1) is 19.9. The second-order valence-corrected chi connectivity index (χ2v) is 7.74. The number of rotatable bonds is 3. The van der Waals surface area contributed by atoms with Gasteiger partial charge in [0, 0.05) is 37.3 Å². The molecule has 1 aromatic carbocycles. The second kappa shape index (κ2) is 8.00. The quantitative estimate of drug-likeness (QED) is 0.877. The van der Waals surface area contributed by atoms with E-state index in [-0.39, 0.29) is 23.1 Å². The number of nitrogens with one attached hydrogen (secondary N) is 1. The monoisotopic (exact) mass is 387 g/mol. The number of urea groups is 1. The fourth-order valence-corrected chi connectivity index (χ4v) is 3.05. The zero-order valence-corrected chi connectivity index (χ0v) is 16.7. The summed E-state index contributed by atoms with van der Waals surface area (Å²) < 4.78 is 20.3. The van der Waals surface area contributed by atoms with Crippen LogP contribution >= 0.6 is 0 Å². The molecule has 0 bridgehead atoms. The van der Waals surface area contributed by atoms with Gasteiger partial charge in [0.05, 0.1) is 7.11 Å². The highest BCUT2D eigenvalue weighted by Crippen LogP contribution is 2.28. The summed E-state index contributed by atoms with van der Waals surface area (Å²) in [6, 6.07) is 6.96. The van der Waals surface area contributed by atoms with Crippen molar-refractivity contribution in [2.45, 2.75) is 26.3 Å². The molecule has 0 aliphatic carbocycles. The summed E-state index contributed by atoms with van der Waals surface area (Å²) in [5.74, 6) is 0.500. The molecule has 1 fully saturated rings. The first-order chi connectivity index (χ1) is 13.3. The van der Waals surface area contributed by atoms with Gasteiger partial charge in [0.25, 0.3) is 0 Å². The number of benzene rings is 1. The Hall–Kier alpha value is -2.90. The number of amides is 2. The van der Waals surface area contributed by atoms with E-state index in [9.17, 15) is 4.79 Å². The third-order valence-electron chi connectivity index (χ3n) is 4.48. The van der Waals surface area contributed by atoms with E-state index in [0.717, 1.165) is 0 Å². The Bertz CT molecular complexity index is 827. The lowest BCUT2D eigenvalue weighted by molar-refractivity contribution is 0.185. The van der Waals surface area contributed by atoms with Crippen LogP contribution in [0.1, 0.15) is 20.8 Å². The van der Waals surface area contributed by atoms with E-state index in [1.54, 1.807) is 36.3 Å². The van der Waals surface area contributed by atoms with E-state index in [2.05, 4.69) is 15.3 Å². The Labute approximate surface area is 164 Å². The van der Waals surface area contributed by atoms with E-state index >= 15 is 4.39 Å². The number of hydrogen-bond acceptors (Lipinski definition) is 5. The van der Waals surface area contributed by atoms with Crippen LogP contribution in [0.3, 0.4) is 0 Å². The standard InChI is InChI=1S/C20H26FN5O2/c1-20(2,3)24-19(27)26-11-9-25(10-12-26)18-16(21)17(22-13-23-18)14-5-7-15(28-4)8-6-14/h5-8,13H,9-12H2,1-4H3,(H,24,27). The number of carbonyl (C=O) groups excluding carboxylic acids is 1. The summed E-state index contributed by atoms with van der Waals surface area (Å²) in [6.45, 7) is 7.85. The van der Waals surface area contributed by atoms with Crippen LogP contribution in [-0.2, 0) is 0 Å². The van der Waals surface area contributed by atoms with Crippen LogP contribution in [0, 0.1) is 5.82 Å². The van der Waals surface area contributed by atoms with Crippen LogP contribution in [0.15, 0.2) is 30.6 Å². The van der Waals surface area contributed by atoms with Crippen LogP contribution in [0.25, 0.3) is 11.3 Å². The third-order valence-corrected chi connectivity index (χ3v) is 4.48. The number of nitrogens with zero attached hydrogens (tertiary/aromatic N) is 4. The Morgan fingerprint density at radius 1 is 1.11 bits per heavy atom. The van der Waals surface area contributed by atoms with Crippen molar-refractivity contribution in [3.63, 3.8) is 0 Å². The maximum absolute atomic E-state index is 15.1. The number of hydrogen-bond donors (Lipinski definition) is 1. The number of ether oxygens (including phenoxy) is 1. The van der Waals surface area contributed by atoms with E-state index in [4.69, 9.17) is 4.74 Å². The van der Waals surface area contributed by atoms with Crippen LogP contribution in [-0.4, -0.2) is 59.7 Å². The summed E-state index contributed by atoms with van der Waals surface area (Å²) in [5.41, 5.74) is 0.617. The number of piperazine rings is 1. The predicted octanol–water partition coefficient (Wildman–Crippen LogP) is 2.92. The first-order valence-electron chi connectivity index (χ1n) is 9.25. The molecule has 0 unspecified atom stereocenters. The highest BCUT2D eigenvalue weighted by atomic mass is 19.1. The molecule has 0 atom stereocenters. The molecule has 2 heterocycles. The number of halogens is 1. The zero-order valence-electron chi connectivity index (χ0n) is 16.7. The van der Waals surface area contributed by atoms with Crippen molar-refractivity contribution in [2.24, 2.45) is 0 Å². The average molecular weight is 387 g/mol. The van der Waals surface area contributed by atoms with Gasteiger partial charge in [-0.2, -0.15) is 0 Å². The van der Waals surface area contributed by atoms with E-state index < -0.39 is 5.82 Å². The maximum atomic E-state index is 15.1. The second-order valence-electron chi connectivity index (χ2n) is 7.74. The van der Waals surface area contributed by atoms with Crippen LogP contribution in [0.4, 0.5) is 15.0 Å². The molecule has 1 aromatic heterocycles. The molecular weight excluding hydrogens is 361 g/mol.